The lowest BCUT2D eigenvalue weighted by Crippen LogP contribution is -2.30. The van der Waals surface area contributed by atoms with Crippen LogP contribution in [0.4, 0.5) is 0 Å². The van der Waals surface area contributed by atoms with E-state index in [1.54, 1.807) is 0 Å². The molecule has 0 aliphatic heterocycles. The summed E-state index contributed by atoms with van der Waals surface area (Å²) < 4.78 is 5.28. The fourth-order valence-electron chi connectivity index (χ4n) is 1.71. The molecule has 1 unspecified atom stereocenters. The van der Waals surface area contributed by atoms with Crippen molar-refractivity contribution in [1.29, 1.82) is 0 Å². The van der Waals surface area contributed by atoms with E-state index in [1.165, 1.54) is 6.42 Å². The van der Waals surface area contributed by atoms with Gasteiger partial charge in [0.2, 0.25) is 5.89 Å². The number of aromatic nitrogens is 2. The summed E-state index contributed by atoms with van der Waals surface area (Å²) in [5.41, 5.74) is 5.69. The maximum absolute atomic E-state index is 5.55. The number of nitrogens with two attached hydrogens (primary N) is 1. The fraction of sp³-hybridized carbons (Fsp3) is 0.800. The minimum atomic E-state index is 0.138. The van der Waals surface area contributed by atoms with Crippen LogP contribution in [-0.4, -0.2) is 16.7 Å². The molecule has 0 aromatic carbocycles. The summed E-state index contributed by atoms with van der Waals surface area (Å²) in [7, 11) is 0. The van der Waals surface area contributed by atoms with E-state index in [2.05, 4.69) is 17.1 Å². The molecule has 1 aliphatic rings. The lowest BCUT2D eigenvalue weighted by atomic mass is 9.70. The molecule has 1 aromatic heterocycles. The zero-order valence-corrected chi connectivity index (χ0v) is 8.79. The first-order chi connectivity index (χ1) is 6.65. The Kier molecular flexibility index (Phi) is 2.31. The third-order valence-electron chi connectivity index (χ3n) is 3.21. The third kappa shape index (κ3) is 1.43. The van der Waals surface area contributed by atoms with Crippen LogP contribution in [0.5, 0.6) is 0 Å². The molecule has 1 heterocycles. The maximum atomic E-state index is 5.55. The third-order valence-corrected chi connectivity index (χ3v) is 3.21. The van der Waals surface area contributed by atoms with Gasteiger partial charge in [-0.2, -0.15) is 4.98 Å². The zero-order valence-electron chi connectivity index (χ0n) is 8.79. The van der Waals surface area contributed by atoms with Crippen LogP contribution >= 0.6 is 0 Å². The Morgan fingerprint density at radius 1 is 1.57 bits per heavy atom. The SMILES string of the molecule is CC(CN)c1noc(C2(C)CCC2)n1. The largest absolute Gasteiger partial charge is 0.339 e. The molecule has 0 spiro atoms. The van der Waals surface area contributed by atoms with Gasteiger partial charge in [-0.25, -0.2) is 0 Å². The molecule has 1 atom stereocenters. The maximum Gasteiger partial charge on any atom is 0.232 e. The smallest absolute Gasteiger partial charge is 0.232 e. The standard InChI is InChI=1S/C10H17N3O/c1-7(6-11)8-12-9(14-13-8)10(2)4-3-5-10/h7H,3-6,11H2,1-2H3. The van der Waals surface area contributed by atoms with Crippen molar-refractivity contribution in [3.63, 3.8) is 0 Å². The monoisotopic (exact) mass is 195 g/mol. The summed E-state index contributed by atoms with van der Waals surface area (Å²) in [6.07, 6.45) is 3.58. The Morgan fingerprint density at radius 3 is 2.79 bits per heavy atom. The summed E-state index contributed by atoms with van der Waals surface area (Å²) in [5, 5.41) is 3.97. The van der Waals surface area contributed by atoms with E-state index in [0.717, 1.165) is 24.6 Å². The highest BCUT2D eigenvalue weighted by atomic mass is 16.5. The highest BCUT2D eigenvalue weighted by molar-refractivity contribution is 5.09. The number of rotatable bonds is 3. The van der Waals surface area contributed by atoms with Crippen molar-refractivity contribution in [3.05, 3.63) is 11.7 Å². The molecule has 2 N–H and O–H groups in total. The van der Waals surface area contributed by atoms with E-state index in [-0.39, 0.29) is 11.3 Å². The number of hydrogen-bond donors (Lipinski definition) is 1. The van der Waals surface area contributed by atoms with Gasteiger partial charge in [0.05, 0.1) is 0 Å². The van der Waals surface area contributed by atoms with E-state index in [4.69, 9.17) is 10.3 Å². The second-order valence-electron chi connectivity index (χ2n) is 4.51. The minimum absolute atomic E-state index is 0.138. The van der Waals surface area contributed by atoms with Crippen LogP contribution in [-0.2, 0) is 5.41 Å². The van der Waals surface area contributed by atoms with E-state index < -0.39 is 0 Å². The van der Waals surface area contributed by atoms with Gasteiger partial charge in [0.1, 0.15) is 0 Å². The van der Waals surface area contributed by atoms with Gasteiger partial charge < -0.3 is 10.3 Å². The van der Waals surface area contributed by atoms with Crippen LogP contribution < -0.4 is 5.73 Å². The second kappa shape index (κ2) is 3.35. The molecule has 4 heteroatoms. The molecule has 14 heavy (non-hydrogen) atoms. The Labute approximate surface area is 83.9 Å². The molecule has 1 saturated carbocycles. The zero-order chi connectivity index (χ0) is 10.2. The van der Waals surface area contributed by atoms with E-state index in [9.17, 15) is 0 Å². The molecule has 0 radical (unpaired) electrons. The van der Waals surface area contributed by atoms with Gasteiger partial charge in [0, 0.05) is 17.9 Å². The van der Waals surface area contributed by atoms with Crippen LogP contribution in [0.1, 0.15) is 50.7 Å². The van der Waals surface area contributed by atoms with Crippen LogP contribution in [0.25, 0.3) is 0 Å². The number of hydrogen-bond acceptors (Lipinski definition) is 4. The van der Waals surface area contributed by atoms with Crippen molar-refractivity contribution < 1.29 is 4.52 Å². The summed E-state index contributed by atoms with van der Waals surface area (Å²) in [4.78, 5) is 4.42. The Bertz CT molecular complexity index is 317. The van der Waals surface area contributed by atoms with Gasteiger partial charge in [-0.1, -0.05) is 25.4 Å². The molecule has 0 bridgehead atoms. The highest BCUT2D eigenvalue weighted by Crippen LogP contribution is 2.42. The van der Waals surface area contributed by atoms with Gasteiger partial charge in [-0.3, -0.25) is 0 Å². The number of nitrogens with zero attached hydrogens (tertiary/aromatic N) is 2. The normalized spacial score (nSPS) is 21.6. The summed E-state index contributed by atoms with van der Waals surface area (Å²) in [6.45, 7) is 4.76. The van der Waals surface area contributed by atoms with Gasteiger partial charge in [-0.05, 0) is 12.8 Å². The Balaban J connectivity index is 2.17. The molecular weight excluding hydrogens is 178 g/mol. The Morgan fingerprint density at radius 2 is 2.29 bits per heavy atom. The molecule has 1 fully saturated rings. The molecule has 0 amide bonds. The molecule has 2 rings (SSSR count). The van der Waals surface area contributed by atoms with E-state index in [1.807, 2.05) is 6.92 Å². The lowest BCUT2D eigenvalue weighted by Gasteiger charge is -2.34. The molecule has 4 nitrogen and oxygen atoms in total. The molecule has 1 aromatic rings. The average Bonchev–Trinajstić information content (AvgIpc) is 2.62. The molecular formula is C10H17N3O. The van der Waals surface area contributed by atoms with E-state index >= 15 is 0 Å². The van der Waals surface area contributed by atoms with Crippen LogP contribution in [0.15, 0.2) is 4.52 Å². The van der Waals surface area contributed by atoms with Crippen LogP contribution in [0.2, 0.25) is 0 Å². The Hall–Kier alpha value is -0.900. The first-order valence-corrected chi connectivity index (χ1v) is 5.20. The van der Waals surface area contributed by atoms with Gasteiger partial charge >= 0.3 is 0 Å². The van der Waals surface area contributed by atoms with Crippen molar-refractivity contribution in [2.45, 2.75) is 44.4 Å². The van der Waals surface area contributed by atoms with Crippen molar-refractivity contribution in [3.8, 4) is 0 Å². The van der Waals surface area contributed by atoms with Gasteiger partial charge in [-0.15, -0.1) is 0 Å². The predicted molar refractivity (Wildman–Crippen MR) is 53.0 cm³/mol. The average molecular weight is 195 g/mol. The topological polar surface area (TPSA) is 64.9 Å². The van der Waals surface area contributed by atoms with Crippen LogP contribution in [0, 0.1) is 0 Å². The predicted octanol–water partition coefficient (Wildman–Crippen LogP) is 1.57. The summed E-state index contributed by atoms with van der Waals surface area (Å²) in [6, 6.07) is 0. The van der Waals surface area contributed by atoms with Crippen molar-refractivity contribution in [2.75, 3.05) is 6.54 Å². The second-order valence-corrected chi connectivity index (χ2v) is 4.51. The summed E-state index contributed by atoms with van der Waals surface area (Å²) >= 11 is 0. The van der Waals surface area contributed by atoms with Gasteiger partial charge in [0.25, 0.3) is 0 Å². The summed E-state index contributed by atoms with van der Waals surface area (Å²) in [5.74, 6) is 1.73. The van der Waals surface area contributed by atoms with Crippen molar-refractivity contribution in [1.82, 2.24) is 10.1 Å². The lowest BCUT2D eigenvalue weighted by molar-refractivity contribution is 0.194. The quantitative estimate of drug-likeness (QED) is 0.795. The molecule has 0 saturated heterocycles. The fourth-order valence-corrected chi connectivity index (χ4v) is 1.71. The van der Waals surface area contributed by atoms with Crippen molar-refractivity contribution in [2.24, 2.45) is 5.73 Å². The highest BCUT2D eigenvalue weighted by Gasteiger charge is 2.39. The minimum Gasteiger partial charge on any atom is -0.339 e. The van der Waals surface area contributed by atoms with Crippen molar-refractivity contribution >= 4 is 0 Å². The molecule has 78 valence electrons. The first-order valence-electron chi connectivity index (χ1n) is 5.20. The first kappa shape index (κ1) is 9.65. The van der Waals surface area contributed by atoms with E-state index in [0.29, 0.717) is 6.54 Å². The molecule has 1 aliphatic carbocycles. The van der Waals surface area contributed by atoms with Gasteiger partial charge in [0.15, 0.2) is 5.82 Å². The van der Waals surface area contributed by atoms with Crippen LogP contribution in [0.3, 0.4) is 0 Å².